The Hall–Kier alpha value is -0.120. The fourth-order valence-corrected chi connectivity index (χ4v) is 2.91. The number of hydrogen-bond donors (Lipinski definition) is 0. The van der Waals surface area contributed by atoms with Crippen molar-refractivity contribution in [2.24, 2.45) is 5.92 Å². The van der Waals surface area contributed by atoms with Crippen LogP contribution in [0.15, 0.2) is 0 Å². The molecule has 0 unspecified atom stereocenters. The highest BCUT2D eigenvalue weighted by atomic mass is 15.3. The SMILES string of the molecule is CCN1CCN(CCC2CN(C(C)C)C2)CC1. The van der Waals surface area contributed by atoms with Gasteiger partial charge >= 0.3 is 0 Å². The van der Waals surface area contributed by atoms with Crippen LogP contribution in [0.2, 0.25) is 0 Å². The molecule has 17 heavy (non-hydrogen) atoms. The van der Waals surface area contributed by atoms with E-state index < -0.39 is 0 Å². The smallest absolute Gasteiger partial charge is 0.0110 e. The van der Waals surface area contributed by atoms with Crippen molar-refractivity contribution in [3.8, 4) is 0 Å². The van der Waals surface area contributed by atoms with Crippen molar-refractivity contribution in [2.75, 3.05) is 52.4 Å². The first kappa shape index (κ1) is 13.3. The van der Waals surface area contributed by atoms with Gasteiger partial charge in [0.2, 0.25) is 0 Å². The number of rotatable bonds is 5. The first-order chi connectivity index (χ1) is 8.19. The summed E-state index contributed by atoms with van der Waals surface area (Å²) in [5.74, 6) is 0.974. The van der Waals surface area contributed by atoms with Gasteiger partial charge in [-0.3, -0.25) is 0 Å². The summed E-state index contributed by atoms with van der Waals surface area (Å²) in [5, 5.41) is 0. The van der Waals surface area contributed by atoms with Crippen molar-refractivity contribution in [2.45, 2.75) is 33.2 Å². The van der Waals surface area contributed by atoms with Crippen LogP contribution in [0.5, 0.6) is 0 Å². The molecule has 3 nitrogen and oxygen atoms in total. The van der Waals surface area contributed by atoms with E-state index in [0.29, 0.717) is 0 Å². The van der Waals surface area contributed by atoms with E-state index >= 15 is 0 Å². The van der Waals surface area contributed by atoms with Gasteiger partial charge in [-0.15, -0.1) is 0 Å². The van der Waals surface area contributed by atoms with Crippen LogP contribution in [-0.2, 0) is 0 Å². The van der Waals surface area contributed by atoms with Gasteiger partial charge in [0.05, 0.1) is 0 Å². The first-order valence-corrected chi connectivity index (χ1v) is 7.37. The summed E-state index contributed by atoms with van der Waals surface area (Å²) in [6.07, 6.45) is 1.41. The van der Waals surface area contributed by atoms with Crippen molar-refractivity contribution >= 4 is 0 Å². The van der Waals surface area contributed by atoms with Crippen LogP contribution < -0.4 is 0 Å². The molecule has 2 saturated heterocycles. The van der Waals surface area contributed by atoms with Crippen LogP contribution in [0, 0.1) is 5.92 Å². The molecule has 2 fully saturated rings. The van der Waals surface area contributed by atoms with Crippen LogP contribution >= 0.6 is 0 Å². The summed E-state index contributed by atoms with van der Waals surface area (Å²) < 4.78 is 0. The first-order valence-electron chi connectivity index (χ1n) is 7.37. The number of hydrogen-bond acceptors (Lipinski definition) is 3. The van der Waals surface area contributed by atoms with E-state index in [0.717, 1.165) is 12.0 Å². The molecule has 3 heteroatoms. The van der Waals surface area contributed by atoms with Crippen LogP contribution in [0.4, 0.5) is 0 Å². The van der Waals surface area contributed by atoms with E-state index in [1.807, 2.05) is 0 Å². The standard InChI is InChI=1S/C14H29N3/c1-4-15-7-9-16(10-8-15)6-5-14-11-17(12-14)13(2)3/h13-14H,4-12H2,1-3H3. The highest BCUT2D eigenvalue weighted by Crippen LogP contribution is 2.21. The summed E-state index contributed by atoms with van der Waals surface area (Å²) in [4.78, 5) is 7.80. The number of nitrogens with zero attached hydrogens (tertiary/aromatic N) is 3. The molecule has 100 valence electrons. The number of likely N-dealkylation sites (N-methyl/N-ethyl adjacent to an activating group) is 1. The number of likely N-dealkylation sites (tertiary alicyclic amines) is 1. The van der Waals surface area contributed by atoms with Gasteiger partial charge in [-0.25, -0.2) is 0 Å². The molecular formula is C14H29N3. The molecular weight excluding hydrogens is 210 g/mol. The Bertz CT molecular complexity index is 216. The molecule has 0 aliphatic carbocycles. The third-order valence-corrected chi connectivity index (χ3v) is 4.48. The molecule has 0 aromatic carbocycles. The molecule has 0 spiro atoms. The van der Waals surface area contributed by atoms with Crippen molar-refractivity contribution in [3.05, 3.63) is 0 Å². The lowest BCUT2D eigenvalue weighted by Crippen LogP contribution is -2.52. The Morgan fingerprint density at radius 2 is 1.59 bits per heavy atom. The Labute approximate surface area is 107 Å². The molecule has 2 rings (SSSR count). The molecule has 0 radical (unpaired) electrons. The molecule has 0 bridgehead atoms. The predicted octanol–water partition coefficient (Wildman–Crippen LogP) is 1.35. The number of piperazine rings is 1. The van der Waals surface area contributed by atoms with Gasteiger partial charge in [0.1, 0.15) is 0 Å². The zero-order valence-corrected chi connectivity index (χ0v) is 11.9. The maximum Gasteiger partial charge on any atom is 0.0110 e. The summed E-state index contributed by atoms with van der Waals surface area (Å²) >= 11 is 0. The summed E-state index contributed by atoms with van der Waals surface area (Å²) in [6.45, 7) is 17.2. The molecule has 0 amide bonds. The zero-order chi connectivity index (χ0) is 12.3. The van der Waals surface area contributed by atoms with E-state index in [2.05, 4.69) is 35.5 Å². The molecule has 0 saturated carbocycles. The second-order valence-electron chi connectivity index (χ2n) is 5.98. The quantitative estimate of drug-likeness (QED) is 0.717. The predicted molar refractivity (Wildman–Crippen MR) is 73.4 cm³/mol. The fraction of sp³-hybridized carbons (Fsp3) is 1.00. The molecule has 0 aromatic heterocycles. The van der Waals surface area contributed by atoms with Crippen LogP contribution in [-0.4, -0.2) is 73.1 Å². The normalized spacial score (nSPS) is 25.4. The van der Waals surface area contributed by atoms with Crippen molar-refractivity contribution in [1.82, 2.24) is 14.7 Å². The van der Waals surface area contributed by atoms with E-state index in [1.165, 1.54) is 58.8 Å². The van der Waals surface area contributed by atoms with Crippen LogP contribution in [0.3, 0.4) is 0 Å². The highest BCUT2D eigenvalue weighted by molar-refractivity contribution is 4.83. The van der Waals surface area contributed by atoms with Gasteiger partial charge in [0, 0.05) is 45.3 Å². The summed E-state index contributed by atoms with van der Waals surface area (Å²) in [5.41, 5.74) is 0. The Morgan fingerprint density at radius 3 is 2.12 bits per heavy atom. The Morgan fingerprint density at radius 1 is 1.00 bits per heavy atom. The lowest BCUT2D eigenvalue weighted by molar-refractivity contribution is 0.0496. The maximum atomic E-state index is 2.66. The molecule has 2 heterocycles. The topological polar surface area (TPSA) is 9.72 Å². The van der Waals surface area contributed by atoms with Crippen molar-refractivity contribution in [3.63, 3.8) is 0 Å². The Balaban J connectivity index is 1.55. The highest BCUT2D eigenvalue weighted by Gasteiger charge is 2.28. The molecule has 0 atom stereocenters. The van der Waals surface area contributed by atoms with Gasteiger partial charge in [-0.1, -0.05) is 6.92 Å². The molecule has 0 N–H and O–H groups in total. The Kier molecular flexibility index (Phi) is 4.83. The zero-order valence-electron chi connectivity index (χ0n) is 11.9. The summed E-state index contributed by atoms with van der Waals surface area (Å²) in [6, 6.07) is 0.749. The van der Waals surface area contributed by atoms with Crippen LogP contribution in [0.25, 0.3) is 0 Å². The monoisotopic (exact) mass is 239 g/mol. The largest absolute Gasteiger partial charge is 0.301 e. The second kappa shape index (κ2) is 6.17. The fourth-order valence-electron chi connectivity index (χ4n) is 2.91. The van der Waals surface area contributed by atoms with E-state index in [1.54, 1.807) is 0 Å². The second-order valence-corrected chi connectivity index (χ2v) is 5.98. The van der Waals surface area contributed by atoms with Gasteiger partial charge in [-0.2, -0.15) is 0 Å². The summed E-state index contributed by atoms with van der Waals surface area (Å²) in [7, 11) is 0. The maximum absolute atomic E-state index is 2.66. The minimum atomic E-state index is 0.749. The molecule has 2 aliphatic rings. The third-order valence-electron chi connectivity index (χ3n) is 4.48. The van der Waals surface area contributed by atoms with Gasteiger partial charge in [-0.05, 0) is 39.3 Å². The third kappa shape index (κ3) is 3.67. The van der Waals surface area contributed by atoms with Gasteiger partial charge in [0.25, 0.3) is 0 Å². The van der Waals surface area contributed by atoms with Gasteiger partial charge < -0.3 is 14.7 Å². The average Bonchev–Trinajstić information content (AvgIpc) is 2.27. The van der Waals surface area contributed by atoms with Gasteiger partial charge in [0.15, 0.2) is 0 Å². The van der Waals surface area contributed by atoms with Crippen LogP contribution in [0.1, 0.15) is 27.2 Å². The van der Waals surface area contributed by atoms with E-state index in [-0.39, 0.29) is 0 Å². The molecule has 2 aliphatic heterocycles. The minimum Gasteiger partial charge on any atom is -0.301 e. The van der Waals surface area contributed by atoms with Crippen molar-refractivity contribution < 1.29 is 0 Å². The van der Waals surface area contributed by atoms with Crippen molar-refractivity contribution in [1.29, 1.82) is 0 Å². The minimum absolute atomic E-state index is 0.749. The molecule has 0 aromatic rings. The lowest BCUT2D eigenvalue weighted by Gasteiger charge is -2.43. The van der Waals surface area contributed by atoms with E-state index in [9.17, 15) is 0 Å². The average molecular weight is 239 g/mol. The van der Waals surface area contributed by atoms with E-state index in [4.69, 9.17) is 0 Å². The lowest BCUT2D eigenvalue weighted by atomic mass is 9.94.